The van der Waals surface area contributed by atoms with Crippen molar-refractivity contribution >= 4 is 10.2 Å². The summed E-state index contributed by atoms with van der Waals surface area (Å²) in [7, 11) is -0.217. The molecule has 1 heterocycles. The first-order valence-electron chi connectivity index (χ1n) is 5.27. The molecule has 0 saturated carbocycles. The summed E-state index contributed by atoms with van der Waals surface area (Å²) in [6.07, 6.45) is 3.09. The second-order valence-corrected chi connectivity index (χ2v) is 6.02. The molecule has 1 rings (SSSR count). The molecular formula is C9H20N2O3S. The third kappa shape index (κ3) is 4.46. The fourth-order valence-corrected chi connectivity index (χ4v) is 2.19. The molecule has 1 aliphatic rings. The van der Waals surface area contributed by atoms with Crippen LogP contribution in [-0.2, 0) is 14.9 Å². The van der Waals surface area contributed by atoms with Gasteiger partial charge in [-0.1, -0.05) is 0 Å². The summed E-state index contributed by atoms with van der Waals surface area (Å²) in [5.41, 5.74) is 0. The average molecular weight is 236 g/mol. The van der Waals surface area contributed by atoms with Crippen molar-refractivity contribution in [1.82, 2.24) is 9.03 Å². The van der Waals surface area contributed by atoms with Crippen molar-refractivity contribution in [2.24, 2.45) is 5.92 Å². The molecule has 0 radical (unpaired) electrons. The fourth-order valence-electron chi connectivity index (χ4n) is 1.56. The fraction of sp³-hybridized carbons (Fsp3) is 1.00. The lowest BCUT2D eigenvalue weighted by Crippen LogP contribution is -2.37. The predicted octanol–water partition coefficient (Wildman–Crippen LogP) is 0.199. The number of nitrogens with one attached hydrogen (secondary N) is 1. The molecule has 1 saturated heterocycles. The summed E-state index contributed by atoms with van der Waals surface area (Å²) in [4.78, 5) is 0. The largest absolute Gasteiger partial charge is 0.381 e. The Morgan fingerprint density at radius 2 is 2.20 bits per heavy atom. The van der Waals surface area contributed by atoms with Gasteiger partial charge >= 0.3 is 0 Å². The molecule has 0 aliphatic carbocycles. The van der Waals surface area contributed by atoms with Crippen LogP contribution in [-0.4, -0.2) is 46.6 Å². The van der Waals surface area contributed by atoms with E-state index in [0.29, 0.717) is 12.5 Å². The van der Waals surface area contributed by atoms with Crippen molar-refractivity contribution < 1.29 is 13.2 Å². The molecule has 0 bridgehead atoms. The predicted molar refractivity (Wildman–Crippen MR) is 58.8 cm³/mol. The molecule has 0 aromatic heterocycles. The van der Waals surface area contributed by atoms with Crippen LogP contribution in [0.25, 0.3) is 0 Å². The first-order valence-corrected chi connectivity index (χ1v) is 6.71. The number of nitrogens with zero attached hydrogens (tertiary/aromatic N) is 1. The Morgan fingerprint density at radius 3 is 2.73 bits per heavy atom. The van der Waals surface area contributed by atoms with Gasteiger partial charge in [-0.15, -0.1) is 0 Å². The van der Waals surface area contributed by atoms with Crippen LogP contribution in [0, 0.1) is 5.92 Å². The van der Waals surface area contributed by atoms with E-state index in [1.807, 2.05) is 0 Å². The lowest BCUT2D eigenvalue weighted by molar-refractivity contribution is 0.0522. The van der Waals surface area contributed by atoms with E-state index in [4.69, 9.17) is 4.74 Å². The number of hydrogen-bond donors (Lipinski definition) is 1. The van der Waals surface area contributed by atoms with Gasteiger partial charge in [-0.05, 0) is 25.2 Å². The smallest absolute Gasteiger partial charge is 0.278 e. The topological polar surface area (TPSA) is 58.6 Å². The van der Waals surface area contributed by atoms with Gasteiger partial charge in [-0.3, -0.25) is 0 Å². The Morgan fingerprint density at radius 1 is 1.47 bits per heavy atom. The Kier molecular flexibility index (Phi) is 4.98. The Labute approximate surface area is 92.0 Å². The normalized spacial score (nSPS) is 23.3. The summed E-state index contributed by atoms with van der Waals surface area (Å²) < 4.78 is 31.8. The molecule has 1 fully saturated rings. The number of rotatable bonds is 5. The van der Waals surface area contributed by atoms with Gasteiger partial charge in [-0.25, -0.2) is 4.72 Å². The lowest BCUT2D eigenvalue weighted by atomic mass is 9.99. The highest BCUT2D eigenvalue weighted by Crippen LogP contribution is 2.16. The molecule has 0 aromatic carbocycles. The molecule has 0 aromatic rings. The molecule has 1 atom stereocenters. The second kappa shape index (κ2) is 5.79. The van der Waals surface area contributed by atoms with Crippen molar-refractivity contribution in [2.75, 3.05) is 33.9 Å². The summed E-state index contributed by atoms with van der Waals surface area (Å²) in [6.45, 7) is 2.11. The zero-order chi connectivity index (χ0) is 11.3. The third-order valence-corrected chi connectivity index (χ3v) is 4.10. The van der Waals surface area contributed by atoms with E-state index >= 15 is 0 Å². The van der Waals surface area contributed by atoms with Gasteiger partial charge in [0.2, 0.25) is 0 Å². The molecule has 6 heteroatoms. The Bertz CT molecular complexity index is 271. The molecule has 1 aliphatic heterocycles. The molecule has 1 N–H and O–H groups in total. The van der Waals surface area contributed by atoms with Gasteiger partial charge < -0.3 is 4.74 Å². The van der Waals surface area contributed by atoms with Crippen LogP contribution < -0.4 is 4.72 Å². The standard InChI is InChI=1S/C9H20N2O3S/c1-11(2)15(12,13)10-6-5-9-4-3-7-14-8-9/h9-10H,3-8H2,1-2H3. The number of hydrogen-bond acceptors (Lipinski definition) is 3. The van der Waals surface area contributed by atoms with Gasteiger partial charge in [0, 0.05) is 33.9 Å². The molecule has 90 valence electrons. The van der Waals surface area contributed by atoms with E-state index < -0.39 is 10.2 Å². The van der Waals surface area contributed by atoms with Crippen molar-refractivity contribution in [3.63, 3.8) is 0 Å². The summed E-state index contributed by atoms with van der Waals surface area (Å²) in [5, 5.41) is 0. The highest BCUT2D eigenvalue weighted by atomic mass is 32.2. The third-order valence-electron chi connectivity index (χ3n) is 2.57. The van der Waals surface area contributed by atoms with E-state index in [9.17, 15) is 8.42 Å². The quantitative estimate of drug-likeness (QED) is 0.742. The summed E-state index contributed by atoms with van der Waals surface area (Å²) >= 11 is 0. The SMILES string of the molecule is CN(C)S(=O)(=O)NCCC1CCCOC1. The van der Waals surface area contributed by atoms with Crippen molar-refractivity contribution in [3.05, 3.63) is 0 Å². The maximum atomic E-state index is 11.4. The first kappa shape index (κ1) is 12.9. The first-order chi connectivity index (χ1) is 7.02. The average Bonchev–Trinajstić information content (AvgIpc) is 2.19. The molecule has 0 amide bonds. The van der Waals surface area contributed by atoms with Crippen LogP contribution in [0.1, 0.15) is 19.3 Å². The van der Waals surface area contributed by atoms with E-state index in [1.165, 1.54) is 18.4 Å². The minimum Gasteiger partial charge on any atom is -0.381 e. The zero-order valence-electron chi connectivity index (χ0n) is 9.40. The maximum absolute atomic E-state index is 11.4. The maximum Gasteiger partial charge on any atom is 0.278 e. The zero-order valence-corrected chi connectivity index (χ0v) is 10.2. The van der Waals surface area contributed by atoms with E-state index in [2.05, 4.69) is 4.72 Å². The monoisotopic (exact) mass is 236 g/mol. The molecule has 1 unspecified atom stereocenters. The molecule has 15 heavy (non-hydrogen) atoms. The second-order valence-electron chi connectivity index (χ2n) is 4.05. The van der Waals surface area contributed by atoms with Crippen molar-refractivity contribution in [2.45, 2.75) is 19.3 Å². The van der Waals surface area contributed by atoms with Crippen LogP contribution in [0.3, 0.4) is 0 Å². The van der Waals surface area contributed by atoms with Crippen LogP contribution in [0.4, 0.5) is 0 Å². The van der Waals surface area contributed by atoms with Crippen LogP contribution in [0.2, 0.25) is 0 Å². The summed E-state index contributed by atoms with van der Waals surface area (Å²) in [6, 6.07) is 0. The highest BCUT2D eigenvalue weighted by molar-refractivity contribution is 7.87. The number of ether oxygens (including phenoxy) is 1. The van der Waals surface area contributed by atoms with Gasteiger partial charge in [0.1, 0.15) is 0 Å². The minimum absolute atomic E-state index is 0.495. The summed E-state index contributed by atoms with van der Waals surface area (Å²) in [5.74, 6) is 0.503. The van der Waals surface area contributed by atoms with Crippen molar-refractivity contribution in [3.8, 4) is 0 Å². The van der Waals surface area contributed by atoms with Crippen LogP contribution in [0.15, 0.2) is 0 Å². The van der Waals surface area contributed by atoms with Gasteiger partial charge in [-0.2, -0.15) is 12.7 Å². The van der Waals surface area contributed by atoms with Crippen molar-refractivity contribution in [1.29, 1.82) is 0 Å². The molecular weight excluding hydrogens is 216 g/mol. The van der Waals surface area contributed by atoms with Crippen LogP contribution in [0.5, 0.6) is 0 Å². The Hall–Kier alpha value is -0.170. The van der Waals surface area contributed by atoms with Gasteiger partial charge in [0.25, 0.3) is 10.2 Å². The van der Waals surface area contributed by atoms with Crippen LogP contribution >= 0.6 is 0 Å². The van der Waals surface area contributed by atoms with E-state index in [1.54, 1.807) is 0 Å². The lowest BCUT2D eigenvalue weighted by Gasteiger charge is -2.22. The minimum atomic E-state index is -3.26. The highest BCUT2D eigenvalue weighted by Gasteiger charge is 2.16. The van der Waals surface area contributed by atoms with E-state index in [-0.39, 0.29) is 0 Å². The Balaban J connectivity index is 2.20. The van der Waals surface area contributed by atoms with Gasteiger partial charge in [0.05, 0.1) is 0 Å². The van der Waals surface area contributed by atoms with Gasteiger partial charge in [0.15, 0.2) is 0 Å². The molecule has 5 nitrogen and oxygen atoms in total. The molecule has 0 spiro atoms. The van der Waals surface area contributed by atoms with E-state index in [0.717, 1.165) is 32.5 Å².